The van der Waals surface area contributed by atoms with Crippen LogP contribution in [0.5, 0.6) is 0 Å². The van der Waals surface area contributed by atoms with Gasteiger partial charge in [-0.2, -0.15) is 0 Å². The molecule has 2 bridgehead atoms. The molecule has 1 fully saturated rings. The number of hydrogen-bond acceptors (Lipinski definition) is 2. The first-order valence-corrected chi connectivity index (χ1v) is 5.93. The lowest BCUT2D eigenvalue weighted by Crippen LogP contribution is -2.30. The summed E-state index contributed by atoms with van der Waals surface area (Å²) in [6.45, 7) is 4.30. The topological polar surface area (TPSA) is 12.5 Å². The summed E-state index contributed by atoms with van der Waals surface area (Å²) in [6, 6.07) is 8.98. The Kier molecular flexibility index (Phi) is 2.25. The number of benzene rings is 1. The minimum atomic E-state index is 0.371. The normalized spacial score (nSPS) is 26.5. The number of nitrogens with zero attached hydrogens (tertiary/aromatic N) is 1. The molecule has 0 saturated carbocycles. The van der Waals surface area contributed by atoms with Crippen LogP contribution in [0.1, 0.15) is 25.8 Å². The van der Waals surface area contributed by atoms with Crippen LogP contribution >= 0.6 is 0 Å². The van der Waals surface area contributed by atoms with Crippen molar-refractivity contribution in [1.29, 1.82) is 0 Å². The standard InChI is InChI=1S/C14H17NO/c1-10(2)7-12-9-13-8-11-5-3-4-6-14(11)15(12)16-13/h3-7,12-13H,8-9H2,1-2H3/t12-,13-/m0/s1. The predicted octanol–water partition coefficient (Wildman–Crippen LogP) is 3.09. The second-order valence-corrected chi connectivity index (χ2v) is 4.93. The van der Waals surface area contributed by atoms with Gasteiger partial charge in [0.05, 0.1) is 17.8 Å². The van der Waals surface area contributed by atoms with Crippen LogP contribution in [0.4, 0.5) is 5.69 Å². The number of fused-ring (bicyclic) bond motifs is 4. The van der Waals surface area contributed by atoms with E-state index in [1.54, 1.807) is 0 Å². The number of allylic oxidation sites excluding steroid dienone is 1. The van der Waals surface area contributed by atoms with E-state index in [0.717, 1.165) is 12.8 Å². The molecule has 2 heteroatoms. The zero-order chi connectivity index (χ0) is 11.1. The smallest absolute Gasteiger partial charge is 0.0921 e. The van der Waals surface area contributed by atoms with Crippen molar-refractivity contribution in [3.63, 3.8) is 0 Å². The second-order valence-electron chi connectivity index (χ2n) is 4.93. The molecule has 2 aliphatic rings. The number of para-hydroxylation sites is 1. The summed E-state index contributed by atoms with van der Waals surface area (Å²) >= 11 is 0. The summed E-state index contributed by atoms with van der Waals surface area (Å²) in [5.41, 5.74) is 4.03. The van der Waals surface area contributed by atoms with Crippen LogP contribution in [0.15, 0.2) is 35.9 Å². The van der Waals surface area contributed by atoms with E-state index in [1.807, 2.05) is 0 Å². The van der Waals surface area contributed by atoms with Crippen LogP contribution in [-0.2, 0) is 11.3 Å². The highest BCUT2D eigenvalue weighted by molar-refractivity contribution is 5.56. The summed E-state index contributed by atoms with van der Waals surface area (Å²) in [5.74, 6) is 0. The average Bonchev–Trinajstić information content (AvgIpc) is 2.56. The van der Waals surface area contributed by atoms with Crippen LogP contribution in [0.3, 0.4) is 0 Å². The molecule has 2 atom stereocenters. The number of hydrogen-bond donors (Lipinski definition) is 0. The maximum atomic E-state index is 5.93. The molecule has 2 nitrogen and oxygen atoms in total. The molecule has 1 aromatic carbocycles. The van der Waals surface area contributed by atoms with Crippen LogP contribution in [-0.4, -0.2) is 12.1 Å². The molecule has 16 heavy (non-hydrogen) atoms. The molecule has 0 aromatic heterocycles. The molecule has 84 valence electrons. The van der Waals surface area contributed by atoms with Crippen molar-refractivity contribution >= 4 is 5.69 Å². The Bertz CT molecular complexity index is 434. The molecular weight excluding hydrogens is 198 g/mol. The fourth-order valence-electron chi connectivity index (χ4n) is 2.67. The monoisotopic (exact) mass is 215 g/mol. The molecule has 0 N–H and O–H groups in total. The Balaban J connectivity index is 1.99. The summed E-state index contributed by atoms with van der Waals surface area (Å²) in [6.07, 6.45) is 4.84. The van der Waals surface area contributed by atoms with Gasteiger partial charge in [-0.15, -0.1) is 0 Å². The van der Waals surface area contributed by atoms with Gasteiger partial charge in [-0.05, 0) is 25.5 Å². The highest BCUT2D eigenvalue weighted by atomic mass is 16.7. The van der Waals surface area contributed by atoms with Crippen molar-refractivity contribution in [2.45, 2.75) is 38.8 Å². The first-order chi connectivity index (χ1) is 7.74. The lowest BCUT2D eigenvalue weighted by Gasteiger charge is -2.29. The van der Waals surface area contributed by atoms with E-state index in [4.69, 9.17) is 4.84 Å². The third-order valence-electron chi connectivity index (χ3n) is 3.27. The molecule has 0 amide bonds. The molecule has 1 aromatic rings. The maximum Gasteiger partial charge on any atom is 0.0921 e. The minimum Gasteiger partial charge on any atom is -0.269 e. The zero-order valence-corrected chi connectivity index (χ0v) is 9.81. The van der Waals surface area contributed by atoms with E-state index in [1.165, 1.54) is 16.8 Å². The van der Waals surface area contributed by atoms with E-state index in [2.05, 4.69) is 49.3 Å². The molecule has 0 radical (unpaired) electrons. The third-order valence-corrected chi connectivity index (χ3v) is 3.27. The summed E-state index contributed by atoms with van der Waals surface area (Å²) < 4.78 is 0. The van der Waals surface area contributed by atoms with E-state index in [0.29, 0.717) is 12.1 Å². The Morgan fingerprint density at radius 1 is 1.38 bits per heavy atom. The van der Waals surface area contributed by atoms with Crippen molar-refractivity contribution < 1.29 is 4.84 Å². The van der Waals surface area contributed by atoms with Crippen molar-refractivity contribution in [2.75, 3.05) is 5.06 Å². The van der Waals surface area contributed by atoms with Gasteiger partial charge < -0.3 is 0 Å². The van der Waals surface area contributed by atoms with Crippen molar-refractivity contribution in [1.82, 2.24) is 0 Å². The molecule has 0 aliphatic carbocycles. The Morgan fingerprint density at radius 3 is 3.00 bits per heavy atom. The molecule has 3 rings (SSSR count). The number of rotatable bonds is 1. The van der Waals surface area contributed by atoms with Crippen LogP contribution in [0, 0.1) is 0 Å². The van der Waals surface area contributed by atoms with Gasteiger partial charge in [0, 0.05) is 12.8 Å². The van der Waals surface area contributed by atoms with Crippen molar-refractivity contribution in [3.05, 3.63) is 41.5 Å². The Hall–Kier alpha value is -1.28. The van der Waals surface area contributed by atoms with Crippen LogP contribution in [0.25, 0.3) is 0 Å². The third kappa shape index (κ3) is 1.54. The summed E-state index contributed by atoms with van der Waals surface area (Å²) in [5, 5.41) is 2.09. The Labute approximate surface area is 96.5 Å². The lowest BCUT2D eigenvalue weighted by atomic mass is 10.0. The van der Waals surface area contributed by atoms with Crippen molar-refractivity contribution in [3.8, 4) is 0 Å². The van der Waals surface area contributed by atoms with Gasteiger partial charge in [0.15, 0.2) is 0 Å². The van der Waals surface area contributed by atoms with Crippen LogP contribution in [0.2, 0.25) is 0 Å². The minimum absolute atomic E-state index is 0.371. The molecule has 0 unspecified atom stereocenters. The van der Waals surface area contributed by atoms with E-state index in [-0.39, 0.29) is 0 Å². The Morgan fingerprint density at radius 2 is 2.19 bits per heavy atom. The van der Waals surface area contributed by atoms with Gasteiger partial charge in [0.2, 0.25) is 0 Å². The quantitative estimate of drug-likeness (QED) is 0.667. The molecule has 0 spiro atoms. The largest absolute Gasteiger partial charge is 0.269 e. The van der Waals surface area contributed by atoms with Gasteiger partial charge in [-0.25, -0.2) is 5.06 Å². The molecule has 2 aliphatic heterocycles. The average molecular weight is 215 g/mol. The van der Waals surface area contributed by atoms with Crippen LogP contribution < -0.4 is 5.06 Å². The van der Waals surface area contributed by atoms with E-state index in [9.17, 15) is 0 Å². The summed E-state index contributed by atoms with van der Waals surface area (Å²) in [7, 11) is 0. The molecule has 1 saturated heterocycles. The predicted molar refractivity (Wildman–Crippen MR) is 65.3 cm³/mol. The summed E-state index contributed by atoms with van der Waals surface area (Å²) in [4.78, 5) is 5.93. The maximum absolute atomic E-state index is 5.93. The molecule has 2 heterocycles. The highest BCUT2D eigenvalue weighted by Crippen LogP contribution is 2.38. The first-order valence-electron chi connectivity index (χ1n) is 5.93. The second kappa shape index (κ2) is 3.63. The fraction of sp³-hybridized carbons (Fsp3) is 0.429. The van der Waals surface area contributed by atoms with Gasteiger partial charge in [0.1, 0.15) is 0 Å². The first kappa shape index (κ1) is 9.91. The SMILES string of the molecule is CC(C)=C[C@H]1C[C@@H]2Cc3ccccc3N1O2. The van der Waals surface area contributed by atoms with Gasteiger partial charge >= 0.3 is 0 Å². The zero-order valence-electron chi connectivity index (χ0n) is 9.81. The fourth-order valence-corrected chi connectivity index (χ4v) is 2.67. The van der Waals surface area contributed by atoms with E-state index < -0.39 is 0 Å². The van der Waals surface area contributed by atoms with Gasteiger partial charge in [-0.1, -0.05) is 29.8 Å². The van der Waals surface area contributed by atoms with Crippen molar-refractivity contribution in [2.24, 2.45) is 0 Å². The van der Waals surface area contributed by atoms with E-state index >= 15 is 0 Å². The van der Waals surface area contributed by atoms with Gasteiger partial charge in [0.25, 0.3) is 0 Å². The lowest BCUT2D eigenvalue weighted by molar-refractivity contribution is 0.0752. The number of anilines is 1. The highest BCUT2D eigenvalue weighted by Gasteiger charge is 2.37. The molecular formula is C14H17NO. The van der Waals surface area contributed by atoms with Gasteiger partial charge in [-0.3, -0.25) is 4.84 Å². The number of hydroxylamine groups is 1.